The van der Waals surface area contributed by atoms with E-state index in [1.54, 1.807) is 0 Å². The number of carbonyl (C=O) groups excluding carboxylic acids is 1. The van der Waals surface area contributed by atoms with Crippen LogP contribution in [0.1, 0.15) is 46.3 Å². The van der Waals surface area contributed by atoms with Crippen LogP contribution in [0.2, 0.25) is 0 Å². The molecule has 1 N–H and O–H groups in total. The van der Waals surface area contributed by atoms with Gasteiger partial charge in [-0.05, 0) is 81.1 Å². The van der Waals surface area contributed by atoms with Crippen LogP contribution in [0, 0.1) is 19.7 Å². The smallest absolute Gasteiger partial charge is 0.251 e. The van der Waals surface area contributed by atoms with Gasteiger partial charge in [-0.2, -0.15) is 0 Å². The van der Waals surface area contributed by atoms with Crippen LogP contribution in [0.4, 0.5) is 4.39 Å². The zero-order valence-electron chi connectivity index (χ0n) is 17.0. The molecule has 0 aromatic heterocycles. The van der Waals surface area contributed by atoms with E-state index in [1.165, 1.54) is 52.1 Å². The van der Waals surface area contributed by atoms with Crippen molar-refractivity contribution in [1.29, 1.82) is 0 Å². The Morgan fingerprint density at radius 1 is 1.14 bits per heavy atom. The number of nitrogens with one attached hydrogen (secondary N) is 1. The zero-order chi connectivity index (χ0) is 20.1. The number of benzene rings is 2. The summed E-state index contributed by atoms with van der Waals surface area (Å²) in [5.74, 6) is -0.475. The maximum Gasteiger partial charge on any atom is 0.251 e. The molecule has 28 heavy (non-hydrogen) atoms. The highest BCUT2D eigenvalue weighted by atomic mass is 19.1. The molecule has 3 nitrogen and oxygen atoms in total. The van der Waals surface area contributed by atoms with Crippen LogP contribution < -0.4 is 5.32 Å². The first kappa shape index (κ1) is 20.3. The van der Waals surface area contributed by atoms with Gasteiger partial charge >= 0.3 is 0 Å². The molecule has 0 saturated heterocycles. The number of amides is 1. The Bertz CT molecular complexity index is 871. The fourth-order valence-electron chi connectivity index (χ4n) is 3.76. The van der Waals surface area contributed by atoms with Crippen molar-refractivity contribution in [2.24, 2.45) is 0 Å². The standard InChI is InChI=1S/C24H29FN2O/c1-17-6-7-18(2)22(15-17)23-16-27(3)14-12-19(23)5-4-13-26-24(28)20-8-10-21(25)11-9-20/h6-11,15H,4-5,12-14,16H2,1-3H3,(H,26,28). The van der Waals surface area contributed by atoms with Crippen molar-refractivity contribution in [1.82, 2.24) is 10.2 Å². The second-order valence-corrected chi connectivity index (χ2v) is 7.75. The number of aryl methyl sites for hydroxylation is 2. The highest BCUT2D eigenvalue weighted by Crippen LogP contribution is 2.31. The Labute approximate surface area is 167 Å². The topological polar surface area (TPSA) is 32.3 Å². The molecule has 3 rings (SSSR count). The van der Waals surface area contributed by atoms with E-state index in [-0.39, 0.29) is 11.7 Å². The lowest BCUT2D eigenvalue weighted by Crippen LogP contribution is -2.28. The molecule has 0 unspecified atom stereocenters. The Hall–Kier alpha value is -2.46. The fourth-order valence-corrected chi connectivity index (χ4v) is 3.76. The lowest BCUT2D eigenvalue weighted by Gasteiger charge is -2.29. The number of halogens is 1. The van der Waals surface area contributed by atoms with Crippen molar-refractivity contribution in [3.8, 4) is 0 Å². The molecule has 2 aromatic rings. The maximum atomic E-state index is 13.0. The van der Waals surface area contributed by atoms with E-state index in [1.807, 2.05) is 0 Å². The molecule has 0 spiro atoms. The van der Waals surface area contributed by atoms with Crippen molar-refractivity contribution in [3.63, 3.8) is 0 Å². The monoisotopic (exact) mass is 380 g/mol. The number of likely N-dealkylation sites (N-methyl/N-ethyl adjacent to an activating group) is 1. The minimum absolute atomic E-state index is 0.146. The van der Waals surface area contributed by atoms with E-state index in [0.717, 1.165) is 32.4 Å². The molecule has 1 aliphatic rings. The zero-order valence-corrected chi connectivity index (χ0v) is 17.0. The van der Waals surface area contributed by atoms with Crippen LogP contribution in [0.25, 0.3) is 5.57 Å². The first-order valence-corrected chi connectivity index (χ1v) is 9.95. The minimum atomic E-state index is -0.329. The fraction of sp³-hybridized carbons (Fsp3) is 0.375. The Balaban J connectivity index is 1.64. The summed E-state index contributed by atoms with van der Waals surface area (Å²) in [5.41, 5.74) is 7.40. The van der Waals surface area contributed by atoms with Crippen LogP contribution in [-0.4, -0.2) is 37.5 Å². The molecule has 0 bridgehead atoms. The summed E-state index contributed by atoms with van der Waals surface area (Å²) in [5, 5.41) is 2.95. The maximum absolute atomic E-state index is 13.0. The average molecular weight is 381 g/mol. The summed E-state index contributed by atoms with van der Waals surface area (Å²) >= 11 is 0. The van der Waals surface area contributed by atoms with E-state index in [0.29, 0.717) is 12.1 Å². The molecule has 1 aliphatic heterocycles. The predicted octanol–water partition coefficient (Wildman–Crippen LogP) is 4.74. The molecular formula is C24H29FN2O. The van der Waals surface area contributed by atoms with Crippen molar-refractivity contribution < 1.29 is 9.18 Å². The lowest BCUT2D eigenvalue weighted by atomic mass is 9.88. The molecule has 0 saturated carbocycles. The third-order valence-electron chi connectivity index (χ3n) is 5.42. The third-order valence-corrected chi connectivity index (χ3v) is 5.42. The summed E-state index contributed by atoms with van der Waals surface area (Å²) in [7, 11) is 2.17. The molecule has 0 radical (unpaired) electrons. The van der Waals surface area contributed by atoms with Gasteiger partial charge in [-0.25, -0.2) is 4.39 Å². The number of hydrogen-bond donors (Lipinski definition) is 1. The molecule has 0 fully saturated rings. The number of nitrogens with zero attached hydrogens (tertiary/aromatic N) is 1. The van der Waals surface area contributed by atoms with Crippen LogP contribution in [-0.2, 0) is 0 Å². The molecule has 0 atom stereocenters. The summed E-state index contributed by atoms with van der Waals surface area (Å²) in [6.07, 6.45) is 2.96. The second-order valence-electron chi connectivity index (χ2n) is 7.75. The summed E-state index contributed by atoms with van der Waals surface area (Å²) in [6, 6.07) is 12.3. The highest BCUT2D eigenvalue weighted by Gasteiger charge is 2.19. The van der Waals surface area contributed by atoms with Crippen LogP contribution >= 0.6 is 0 Å². The van der Waals surface area contributed by atoms with Gasteiger partial charge in [-0.3, -0.25) is 4.79 Å². The molecule has 1 heterocycles. The molecule has 1 amide bonds. The first-order chi connectivity index (χ1) is 13.4. The molecular weight excluding hydrogens is 351 g/mol. The Morgan fingerprint density at radius 2 is 1.89 bits per heavy atom. The Kier molecular flexibility index (Phi) is 6.63. The van der Waals surface area contributed by atoms with Gasteiger partial charge in [0.2, 0.25) is 0 Å². The Morgan fingerprint density at radius 3 is 2.64 bits per heavy atom. The normalized spacial score (nSPS) is 15.0. The second kappa shape index (κ2) is 9.16. The number of carbonyl (C=O) groups is 1. The van der Waals surface area contributed by atoms with Gasteiger partial charge in [0.15, 0.2) is 0 Å². The van der Waals surface area contributed by atoms with E-state index in [4.69, 9.17) is 0 Å². The van der Waals surface area contributed by atoms with Gasteiger partial charge < -0.3 is 10.2 Å². The van der Waals surface area contributed by atoms with Gasteiger partial charge in [-0.15, -0.1) is 0 Å². The van der Waals surface area contributed by atoms with E-state index in [2.05, 4.69) is 49.3 Å². The van der Waals surface area contributed by atoms with E-state index >= 15 is 0 Å². The summed E-state index contributed by atoms with van der Waals surface area (Å²) < 4.78 is 13.0. The van der Waals surface area contributed by atoms with Crippen LogP contribution in [0.3, 0.4) is 0 Å². The van der Waals surface area contributed by atoms with Gasteiger partial charge in [-0.1, -0.05) is 29.3 Å². The molecule has 2 aromatic carbocycles. The van der Waals surface area contributed by atoms with Crippen molar-refractivity contribution in [2.45, 2.75) is 33.1 Å². The highest BCUT2D eigenvalue weighted by molar-refractivity contribution is 5.94. The molecule has 0 aliphatic carbocycles. The first-order valence-electron chi connectivity index (χ1n) is 9.95. The van der Waals surface area contributed by atoms with E-state index in [9.17, 15) is 9.18 Å². The van der Waals surface area contributed by atoms with Crippen molar-refractivity contribution >= 4 is 11.5 Å². The third kappa shape index (κ3) is 5.08. The van der Waals surface area contributed by atoms with E-state index < -0.39 is 0 Å². The summed E-state index contributed by atoms with van der Waals surface area (Å²) in [6.45, 7) is 6.99. The van der Waals surface area contributed by atoms with Crippen LogP contribution in [0.15, 0.2) is 48.0 Å². The number of hydrogen-bond acceptors (Lipinski definition) is 2. The van der Waals surface area contributed by atoms with Gasteiger partial charge in [0.1, 0.15) is 5.82 Å². The largest absolute Gasteiger partial charge is 0.352 e. The lowest BCUT2D eigenvalue weighted by molar-refractivity contribution is 0.0953. The molecule has 148 valence electrons. The predicted molar refractivity (Wildman–Crippen MR) is 113 cm³/mol. The average Bonchev–Trinajstić information content (AvgIpc) is 2.68. The van der Waals surface area contributed by atoms with Crippen molar-refractivity contribution in [2.75, 3.05) is 26.7 Å². The quantitative estimate of drug-likeness (QED) is 0.734. The molecule has 4 heteroatoms. The van der Waals surface area contributed by atoms with Gasteiger partial charge in [0, 0.05) is 25.2 Å². The minimum Gasteiger partial charge on any atom is -0.352 e. The van der Waals surface area contributed by atoms with Crippen molar-refractivity contribution in [3.05, 3.63) is 76.1 Å². The summed E-state index contributed by atoms with van der Waals surface area (Å²) in [4.78, 5) is 14.5. The number of rotatable bonds is 6. The SMILES string of the molecule is Cc1ccc(C)c(C2=C(CCCNC(=O)c3ccc(F)cc3)CCN(C)C2)c1. The van der Waals surface area contributed by atoms with Gasteiger partial charge in [0.05, 0.1) is 0 Å². The van der Waals surface area contributed by atoms with Gasteiger partial charge in [0.25, 0.3) is 5.91 Å². The van der Waals surface area contributed by atoms with Crippen LogP contribution in [0.5, 0.6) is 0 Å².